The van der Waals surface area contributed by atoms with Crippen molar-refractivity contribution in [3.8, 4) is 0 Å². The van der Waals surface area contributed by atoms with E-state index >= 15 is 0 Å². The molecule has 0 atom stereocenters. The number of Topliss-reactive ketones (excluding diaryl/α,β-unsaturated/α-hetero) is 2. The Bertz CT molecular complexity index is 678. The number of hydrogen-bond donors (Lipinski definition) is 1. The second kappa shape index (κ2) is 3.70. The molecule has 0 spiro atoms. The quantitative estimate of drug-likeness (QED) is 0.777. The number of furan rings is 1. The number of ketones is 2. The number of aliphatic hydroxyl groups is 1. The van der Waals surface area contributed by atoms with Crippen LogP contribution in [0.2, 0.25) is 0 Å². The lowest BCUT2D eigenvalue weighted by atomic mass is 9.87. The Labute approximate surface area is 102 Å². The van der Waals surface area contributed by atoms with Gasteiger partial charge in [-0.2, -0.15) is 0 Å². The van der Waals surface area contributed by atoms with E-state index in [4.69, 9.17) is 4.42 Å². The van der Waals surface area contributed by atoms with E-state index in [1.54, 1.807) is 24.3 Å². The van der Waals surface area contributed by atoms with Crippen LogP contribution in [0.25, 0.3) is 11.3 Å². The Kier molecular flexibility index (Phi) is 2.16. The molecule has 88 valence electrons. The molecule has 0 amide bonds. The molecule has 1 aromatic heterocycles. The smallest absolute Gasteiger partial charge is 0.241 e. The predicted octanol–water partition coefficient (Wildman–Crippen LogP) is 2.47. The van der Waals surface area contributed by atoms with Gasteiger partial charge in [-0.3, -0.25) is 9.59 Å². The summed E-state index contributed by atoms with van der Waals surface area (Å²) in [6.45, 7) is 0. The molecule has 4 nitrogen and oxygen atoms in total. The molecule has 2 aromatic rings. The lowest BCUT2D eigenvalue weighted by Crippen LogP contribution is -2.22. The summed E-state index contributed by atoms with van der Waals surface area (Å²) < 4.78 is 5.09. The number of benzene rings is 1. The van der Waals surface area contributed by atoms with Gasteiger partial charge in [0.05, 0.1) is 6.26 Å². The number of allylic oxidation sites excluding steroid dienone is 1. The van der Waals surface area contributed by atoms with Crippen LogP contribution in [0.5, 0.6) is 0 Å². The molecule has 1 aromatic carbocycles. The van der Waals surface area contributed by atoms with Crippen LogP contribution >= 0.6 is 0 Å². The van der Waals surface area contributed by atoms with Crippen LogP contribution in [-0.4, -0.2) is 16.7 Å². The van der Waals surface area contributed by atoms with Crippen LogP contribution < -0.4 is 0 Å². The van der Waals surface area contributed by atoms with E-state index in [-0.39, 0.29) is 22.7 Å². The standard InChI is InChI=1S/C14H8O4/c15-12-8-4-1-2-5-9(8)13(16)14(17)11(12)10-6-3-7-18-10/h1-7,15H. The third-order valence-corrected chi connectivity index (χ3v) is 2.86. The topological polar surface area (TPSA) is 67.5 Å². The molecule has 0 aliphatic heterocycles. The van der Waals surface area contributed by atoms with E-state index in [2.05, 4.69) is 0 Å². The first kappa shape index (κ1) is 10.5. The van der Waals surface area contributed by atoms with Gasteiger partial charge in [0, 0.05) is 11.1 Å². The predicted molar refractivity (Wildman–Crippen MR) is 63.9 cm³/mol. The van der Waals surface area contributed by atoms with Crippen molar-refractivity contribution in [3.05, 3.63) is 59.5 Å². The fourth-order valence-electron chi connectivity index (χ4n) is 2.02. The normalized spacial score (nSPS) is 14.9. The molecule has 0 radical (unpaired) electrons. The van der Waals surface area contributed by atoms with Gasteiger partial charge >= 0.3 is 0 Å². The SMILES string of the molecule is O=C1C(=O)c2ccccc2C(O)=C1c1ccco1. The molecule has 18 heavy (non-hydrogen) atoms. The summed E-state index contributed by atoms with van der Waals surface area (Å²) in [5, 5.41) is 10.1. The van der Waals surface area contributed by atoms with Crippen LogP contribution in [0, 0.1) is 0 Å². The summed E-state index contributed by atoms with van der Waals surface area (Å²) in [6, 6.07) is 9.58. The van der Waals surface area contributed by atoms with Gasteiger partial charge in [-0.25, -0.2) is 0 Å². The fraction of sp³-hybridized carbons (Fsp3) is 0. The van der Waals surface area contributed by atoms with Crippen molar-refractivity contribution in [3.63, 3.8) is 0 Å². The van der Waals surface area contributed by atoms with Gasteiger partial charge in [0.2, 0.25) is 11.6 Å². The Hall–Kier alpha value is -2.62. The highest BCUT2D eigenvalue weighted by atomic mass is 16.3. The number of carbonyl (C=O) groups is 2. The highest BCUT2D eigenvalue weighted by Gasteiger charge is 2.34. The summed E-state index contributed by atoms with van der Waals surface area (Å²) in [6.07, 6.45) is 1.38. The lowest BCUT2D eigenvalue weighted by Gasteiger charge is -2.16. The van der Waals surface area contributed by atoms with E-state index < -0.39 is 11.6 Å². The number of carbonyl (C=O) groups excluding carboxylic acids is 2. The first-order chi connectivity index (χ1) is 8.70. The third kappa shape index (κ3) is 1.32. The molecule has 1 N–H and O–H groups in total. The Morgan fingerprint density at radius 3 is 2.28 bits per heavy atom. The number of fused-ring (bicyclic) bond motifs is 1. The van der Waals surface area contributed by atoms with Gasteiger partial charge in [0.1, 0.15) is 17.1 Å². The molecule has 0 saturated heterocycles. The van der Waals surface area contributed by atoms with Crippen LogP contribution in [-0.2, 0) is 4.79 Å². The zero-order valence-corrected chi connectivity index (χ0v) is 9.21. The number of hydrogen-bond acceptors (Lipinski definition) is 4. The zero-order valence-electron chi connectivity index (χ0n) is 9.21. The van der Waals surface area contributed by atoms with Crippen molar-refractivity contribution in [2.24, 2.45) is 0 Å². The fourth-order valence-corrected chi connectivity index (χ4v) is 2.02. The average molecular weight is 240 g/mol. The molecular weight excluding hydrogens is 232 g/mol. The largest absolute Gasteiger partial charge is 0.506 e. The number of aliphatic hydroxyl groups excluding tert-OH is 1. The monoisotopic (exact) mass is 240 g/mol. The molecule has 3 rings (SSSR count). The molecule has 4 heteroatoms. The van der Waals surface area contributed by atoms with E-state index in [0.29, 0.717) is 5.56 Å². The minimum Gasteiger partial charge on any atom is -0.506 e. The second-order valence-corrected chi connectivity index (χ2v) is 3.90. The summed E-state index contributed by atoms with van der Waals surface area (Å²) in [7, 11) is 0. The van der Waals surface area contributed by atoms with E-state index in [9.17, 15) is 14.7 Å². The summed E-state index contributed by atoms with van der Waals surface area (Å²) in [4.78, 5) is 23.9. The van der Waals surface area contributed by atoms with Gasteiger partial charge < -0.3 is 9.52 Å². The van der Waals surface area contributed by atoms with E-state index in [0.717, 1.165) is 0 Å². The highest BCUT2D eigenvalue weighted by molar-refractivity contribution is 6.61. The Morgan fingerprint density at radius 1 is 0.889 bits per heavy atom. The summed E-state index contributed by atoms with van der Waals surface area (Å²) in [5.41, 5.74) is 0.493. The molecule has 0 unspecified atom stereocenters. The van der Waals surface area contributed by atoms with Gasteiger partial charge in [0.15, 0.2) is 0 Å². The Balaban J connectivity index is 2.32. The van der Waals surface area contributed by atoms with Gasteiger partial charge in [-0.05, 0) is 12.1 Å². The van der Waals surface area contributed by atoms with Crippen LogP contribution in [0.3, 0.4) is 0 Å². The van der Waals surface area contributed by atoms with Crippen LogP contribution in [0.15, 0.2) is 47.1 Å². The van der Waals surface area contributed by atoms with Crippen molar-refractivity contribution in [2.75, 3.05) is 0 Å². The molecule has 0 bridgehead atoms. The van der Waals surface area contributed by atoms with E-state index in [1.807, 2.05) is 0 Å². The molecule has 1 aliphatic carbocycles. The summed E-state index contributed by atoms with van der Waals surface area (Å²) >= 11 is 0. The average Bonchev–Trinajstić information content (AvgIpc) is 2.90. The molecule has 1 aliphatic rings. The minimum atomic E-state index is -0.749. The van der Waals surface area contributed by atoms with Crippen molar-refractivity contribution in [1.82, 2.24) is 0 Å². The van der Waals surface area contributed by atoms with Crippen molar-refractivity contribution < 1.29 is 19.1 Å². The molecule has 0 fully saturated rings. The van der Waals surface area contributed by atoms with E-state index in [1.165, 1.54) is 18.4 Å². The van der Waals surface area contributed by atoms with Gasteiger partial charge in [0.25, 0.3) is 0 Å². The van der Waals surface area contributed by atoms with Crippen LogP contribution in [0.1, 0.15) is 21.7 Å². The minimum absolute atomic E-state index is 0.0799. The van der Waals surface area contributed by atoms with Crippen molar-refractivity contribution in [2.45, 2.75) is 0 Å². The van der Waals surface area contributed by atoms with Crippen molar-refractivity contribution >= 4 is 22.9 Å². The zero-order chi connectivity index (χ0) is 12.7. The third-order valence-electron chi connectivity index (χ3n) is 2.86. The molecule has 0 saturated carbocycles. The van der Waals surface area contributed by atoms with Gasteiger partial charge in [-0.1, -0.05) is 24.3 Å². The van der Waals surface area contributed by atoms with Crippen molar-refractivity contribution in [1.29, 1.82) is 0 Å². The first-order valence-electron chi connectivity index (χ1n) is 5.35. The Morgan fingerprint density at radius 2 is 1.61 bits per heavy atom. The molecule has 1 heterocycles. The lowest BCUT2D eigenvalue weighted by molar-refractivity contribution is -0.110. The molecular formula is C14H8O4. The maximum atomic E-state index is 12.0. The van der Waals surface area contributed by atoms with Gasteiger partial charge in [-0.15, -0.1) is 0 Å². The highest BCUT2D eigenvalue weighted by Crippen LogP contribution is 2.33. The first-order valence-corrected chi connectivity index (χ1v) is 5.35. The summed E-state index contributed by atoms with van der Waals surface area (Å²) in [5.74, 6) is -1.40. The number of rotatable bonds is 1. The maximum absolute atomic E-state index is 12.0. The maximum Gasteiger partial charge on any atom is 0.241 e. The second-order valence-electron chi connectivity index (χ2n) is 3.90. The van der Waals surface area contributed by atoms with Crippen LogP contribution in [0.4, 0.5) is 0 Å².